The molecule has 2 heteroatoms. The van der Waals surface area contributed by atoms with Gasteiger partial charge in [-0.1, -0.05) is 142 Å². The van der Waals surface area contributed by atoms with E-state index < -0.39 is 0 Å². The van der Waals surface area contributed by atoms with Gasteiger partial charge in [0.15, 0.2) is 0 Å². The maximum absolute atomic E-state index is 3.72. The summed E-state index contributed by atoms with van der Waals surface area (Å²) in [5.74, 6) is 0. The van der Waals surface area contributed by atoms with Gasteiger partial charge in [0.25, 0.3) is 0 Å². The average Bonchev–Trinajstić information content (AvgIpc) is 3.21. The minimum Gasteiger partial charge on any atom is -0.355 e. The summed E-state index contributed by atoms with van der Waals surface area (Å²) in [6.07, 6.45) is 7.04. The molecule has 0 aliphatic heterocycles. The Hall–Kier alpha value is -5.86. The fourth-order valence-corrected chi connectivity index (χ4v) is 7.24. The van der Waals surface area contributed by atoms with Crippen LogP contribution < -0.4 is 10.6 Å². The molecule has 2 N–H and O–H groups in total. The fourth-order valence-electron chi connectivity index (χ4n) is 7.24. The van der Waals surface area contributed by atoms with E-state index in [9.17, 15) is 0 Å². The number of hydrogen-bond donors (Lipinski definition) is 2. The predicted octanol–water partition coefficient (Wildman–Crippen LogP) is 15.1. The van der Waals surface area contributed by atoms with E-state index in [1.807, 2.05) is 0 Å². The third kappa shape index (κ3) is 8.67. The fraction of sp³-hybridized carbons (Fsp3) is 0.192. The molecule has 7 rings (SSSR count). The molecule has 0 spiro atoms. The lowest BCUT2D eigenvalue weighted by Crippen LogP contribution is -1.96. The van der Waals surface area contributed by atoms with Gasteiger partial charge in [-0.05, 0) is 149 Å². The zero-order valence-corrected chi connectivity index (χ0v) is 32.3. The van der Waals surface area contributed by atoms with Crippen molar-refractivity contribution in [2.75, 3.05) is 10.6 Å². The predicted molar refractivity (Wildman–Crippen MR) is 234 cm³/mol. The van der Waals surface area contributed by atoms with Crippen molar-refractivity contribution >= 4 is 22.7 Å². The van der Waals surface area contributed by atoms with E-state index >= 15 is 0 Å². The maximum atomic E-state index is 3.72. The first-order valence-corrected chi connectivity index (χ1v) is 19.7. The number of aryl methyl sites for hydroxylation is 4. The molecule has 2 nitrogen and oxygen atoms in total. The van der Waals surface area contributed by atoms with E-state index in [0.29, 0.717) is 0 Å². The lowest BCUT2D eigenvalue weighted by Gasteiger charge is -2.19. The van der Waals surface area contributed by atoms with Crippen molar-refractivity contribution in [3.63, 3.8) is 0 Å². The summed E-state index contributed by atoms with van der Waals surface area (Å²) in [7, 11) is 0. The highest BCUT2D eigenvalue weighted by molar-refractivity contribution is 5.95. The number of benzene rings is 7. The maximum Gasteiger partial charge on any atom is 0.0413 e. The summed E-state index contributed by atoms with van der Waals surface area (Å²) < 4.78 is 0. The Balaban J connectivity index is 1.32. The number of para-hydroxylation sites is 2. The molecule has 0 aromatic heterocycles. The van der Waals surface area contributed by atoms with Crippen LogP contribution in [0, 0.1) is 13.8 Å². The second-order valence-electron chi connectivity index (χ2n) is 14.6. The van der Waals surface area contributed by atoms with Gasteiger partial charge in [0, 0.05) is 22.7 Å². The normalized spacial score (nSPS) is 11.0. The third-order valence-corrected chi connectivity index (χ3v) is 10.6. The smallest absolute Gasteiger partial charge is 0.0413 e. The molecule has 0 amide bonds. The Morgan fingerprint density at radius 2 is 0.796 bits per heavy atom. The molecule has 0 aliphatic carbocycles. The first kappa shape index (κ1) is 36.5. The van der Waals surface area contributed by atoms with Gasteiger partial charge in [-0.2, -0.15) is 0 Å². The second-order valence-corrected chi connectivity index (χ2v) is 14.6. The molecule has 0 radical (unpaired) electrons. The minimum atomic E-state index is 1.08. The largest absolute Gasteiger partial charge is 0.355 e. The van der Waals surface area contributed by atoms with E-state index in [2.05, 4.69) is 196 Å². The molecular formula is C52H52N2. The topological polar surface area (TPSA) is 24.1 Å². The minimum absolute atomic E-state index is 1.08. The van der Waals surface area contributed by atoms with Gasteiger partial charge < -0.3 is 10.6 Å². The van der Waals surface area contributed by atoms with Crippen LogP contribution in [0.25, 0.3) is 44.5 Å². The summed E-state index contributed by atoms with van der Waals surface area (Å²) in [5.41, 5.74) is 19.4. The van der Waals surface area contributed by atoms with Gasteiger partial charge in [0.2, 0.25) is 0 Å². The van der Waals surface area contributed by atoms with Crippen LogP contribution >= 0.6 is 0 Å². The lowest BCUT2D eigenvalue weighted by atomic mass is 9.86. The third-order valence-electron chi connectivity index (χ3n) is 10.6. The SMILES string of the molecule is CCCCc1ccc(-c2cc(Nc3ccccc3C)ccc2-c2ccc(-c3ccc(Nc4ccccc4C)cc3)cc2-c2ccc(CCCC)cc2)cc1. The van der Waals surface area contributed by atoms with E-state index in [1.165, 1.54) is 92.4 Å². The summed E-state index contributed by atoms with van der Waals surface area (Å²) in [5, 5.41) is 7.31. The molecule has 54 heavy (non-hydrogen) atoms. The van der Waals surface area contributed by atoms with Crippen molar-refractivity contribution in [1.29, 1.82) is 0 Å². The van der Waals surface area contributed by atoms with E-state index in [-0.39, 0.29) is 0 Å². The van der Waals surface area contributed by atoms with Crippen LogP contribution in [-0.2, 0) is 12.8 Å². The molecule has 0 bridgehead atoms. The second kappa shape index (κ2) is 17.3. The van der Waals surface area contributed by atoms with E-state index in [1.54, 1.807) is 0 Å². The van der Waals surface area contributed by atoms with Crippen LogP contribution in [0.4, 0.5) is 22.7 Å². The van der Waals surface area contributed by atoms with Crippen molar-refractivity contribution in [3.05, 3.63) is 180 Å². The standard InChI is InChI=1S/C52H52N2/c1-5-7-15-39-19-23-42(24-20-39)49-35-44(41-27-30-45(31-28-41)53-51-17-11-9-13-37(51)3)29-33-47(49)48-34-32-46(54-52-18-12-10-14-38(52)4)36-50(48)43-25-21-40(22-26-43)16-8-6-2/h9-14,17-36,53-54H,5-8,15-16H2,1-4H3. The van der Waals surface area contributed by atoms with Gasteiger partial charge in [0.1, 0.15) is 0 Å². The van der Waals surface area contributed by atoms with Gasteiger partial charge in [0.05, 0.1) is 0 Å². The molecule has 0 saturated heterocycles. The van der Waals surface area contributed by atoms with Crippen LogP contribution in [0.1, 0.15) is 61.8 Å². The first-order chi connectivity index (χ1) is 26.5. The highest BCUT2D eigenvalue weighted by Crippen LogP contribution is 2.42. The zero-order valence-electron chi connectivity index (χ0n) is 32.3. The van der Waals surface area contributed by atoms with Crippen LogP contribution in [0.5, 0.6) is 0 Å². The monoisotopic (exact) mass is 704 g/mol. The highest BCUT2D eigenvalue weighted by Gasteiger charge is 2.16. The molecule has 0 atom stereocenters. The summed E-state index contributed by atoms with van der Waals surface area (Å²) >= 11 is 0. The average molecular weight is 705 g/mol. The van der Waals surface area contributed by atoms with Gasteiger partial charge in [-0.25, -0.2) is 0 Å². The molecule has 0 aliphatic rings. The van der Waals surface area contributed by atoms with Crippen LogP contribution in [0.3, 0.4) is 0 Å². The van der Waals surface area contributed by atoms with Crippen LogP contribution in [0.15, 0.2) is 158 Å². The van der Waals surface area contributed by atoms with E-state index in [4.69, 9.17) is 0 Å². The van der Waals surface area contributed by atoms with Crippen LogP contribution in [0.2, 0.25) is 0 Å². The Bertz CT molecular complexity index is 2300. The van der Waals surface area contributed by atoms with Gasteiger partial charge in [-0.15, -0.1) is 0 Å². The zero-order chi connectivity index (χ0) is 37.3. The first-order valence-electron chi connectivity index (χ1n) is 19.7. The van der Waals surface area contributed by atoms with Crippen molar-refractivity contribution in [3.8, 4) is 44.5 Å². The highest BCUT2D eigenvalue weighted by atomic mass is 14.9. The number of nitrogens with one attached hydrogen (secondary N) is 2. The molecule has 0 saturated carbocycles. The molecule has 0 unspecified atom stereocenters. The molecule has 0 fully saturated rings. The molecule has 7 aromatic carbocycles. The molecular weight excluding hydrogens is 653 g/mol. The Kier molecular flexibility index (Phi) is 11.7. The molecule has 270 valence electrons. The number of hydrogen-bond acceptors (Lipinski definition) is 2. The number of rotatable bonds is 14. The van der Waals surface area contributed by atoms with Gasteiger partial charge in [-0.3, -0.25) is 0 Å². The number of unbranched alkanes of at least 4 members (excludes halogenated alkanes) is 2. The molecule has 7 aromatic rings. The Morgan fingerprint density at radius 1 is 0.370 bits per heavy atom. The van der Waals surface area contributed by atoms with Crippen molar-refractivity contribution in [1.82, 2.24) is 0 Å². The Morgan fingerprint density at radius 3 is 1.31 bits per heavy atom. The number of anilines is 4. The lowest BCUT2D eigenvalue weighted by molar-refractivity contribution is 0.795. The summed E-state index contributed by atoms with van der Waals surface area (Å²) in [6, 6.07) is 58.1. The van der Waals surface area contributed by atoms with Crippen LogP contribution in [-0.4, -0.2) is 0 Å². The van der Waals surface area contributed by atoms with Crippen molar-refractivity contribution in [2.24, 2.45) is 0 Å². The quantitative estimate of drug-likeness (QED) is 0.118. The Labute approximate surface area is 323 Å². The molecule has 0 heterocycles. The van der Waals surface area contributed by atoms with E-state index in [0.717, 1.165) is 35.6 Å². The van der Waals surface area contributed by atoms with Crippen molar-refractivity contribution < 1.29 is 0 Å². The van der Waals surface area contributed by atoms with Gasteiger partial charge >= 0.3 is 0 Å². The summed E-state index contributed by atoms with van der Waals surface area (Å²) in [6.45, 7) is 8.81. The summed E-state index contributed by atoms with van der Waals surface area (Å²) in [4.78, 5) is 0. The van der Waals surface area contributed by atoms with Crippen molar-refractivity contribution in [2.45, 2.75) is 66.2 Å².